The molecule has 12 heteroatoms. The van der Waals surface area contributed by atoms with Crippen LogP contribution in [0, 0.1) is 29.9 Å². The molecule has 2 aliphatic heterocycles. The zero-order valence-electron chi connectivity index (χ0n) is 31.0. The molecule has 1 unspecified atom stereocenters. The molecule has 2 atom stereocenters. The van der Waals surface area contributed by atoms with Crippen molar-refractivity contribution < 1.29 is 24.0 Å². The minimum absolute atomic E-state index is 0.0132. The van der Waals surface area contributed by atoms with E-state index in [-0.39, 0.29) is 34.6 Å². The second-order valence-corrected chi connectivity index (χ2v) is 15.1. The van der Waals surface area contributed by atoms with Crippen LogP contribution in [-0.2, 0) is 22.5 Å². The predicted molar refractivity (Wildman–Crippen MR) is 210 cm³/mol. The molecule has 0 radical (unpaired) electrons. The van der Waals surface area contributed by atoms with E-state index in [0.717, 1.165) is 98.8 Å². The first-order chi connectivity index (χ1) is 26.7. The quantitative estimate of drug-likeness (QED) is 0.0857. The molecule has 0 spiro atoms. The molecule has 2 saturated heterocycles. The number of carbonyl (C=O) groups is 1. The molecule has 280 valence electrons. The van der Waals surface area contributed by atoms with Crippen molar-refractivity contribution in [3.05, 3.63) is 111 Å². The van der Waals surface area contributed by atoms with E-state index in [2.05, 4.69) is 52.1 Å². The number of aliphatic hydroxyl groups is 1. The van der Waals surface area contributed by atoms with Crippen molar-refractivity contribution in [1.82, 2.24) is 19.8 Å². The van der Waals surface area contributed by atoms with Crippen LogP contribution in [0.3, 0.4) is 0 Å². The van der Waals surface area contributed by atoms with Crippen molar-refractivity contribution in [2.75, 3.05) is 38.6 Å². The van der Waals surface area contributed by atoms with Gasteiger partial charge in [-0.25, -0.2) is 4.98 Å². The highest BCUT2D eigenvalue weighted by molar-refractivity contribution is 5.95. The van der Waals surface area contributed by atoms with Gasteiger partial charge in [0, 0.05) is 79.2 Å². The minimum Gasteiger partial charge on any atom is -0.469 e. The number of nitro benzene ring substituents is 1. The van der Waals surface area contributed by atoms with E-state index in [1.807, 2.05) is 42.6 Å². The third-order valence-corrected chi connectivity index (χ3v) is 11.8. The molecular formula is C43H42N6O6. The van der Waals surface area contributed by atoms with Gasteiger partial charge in [0.05, 0.1) is 24.1 Å². The van der Waals surface area contributed by atoms with E-state index >= 15 is 0 Å². The Morgan fingerprint density at radius 3 is 2.56 bits per heavy atom. The number of nitrogens with zero attached hydrogens (tertiary/aromatic N) is 5. The molecule has 0 bridgehead atoms. The molecule has 0 amide bonds. The number of aromatic nitrogens is 2. The molecule has 9 rings (SSSR count). The molecule has 3 aliphatic rings. The predicted octanol–water partition coefficient (Wildman–Crippen LogP) is 7.64. The van der Waals surface area contributed by atoms with Gasteiger partial charge in [-0.15, -0.1) is 0 Å². The van der Waals surface area contributed by atoms with E-state index in [1.54, 1.807) is 12.3 Å². The zero-order chi connectivity index (χ0) is 38.0. The van der Waals surface area contributed by atoms with Gasteiger partial charge in [-0.05, 0) is 96.3 Å². The van der Waals surface area contributed by atoms with Crippen LogP contribution in [0.2, 0.25) is 0 Å². The highest BCUT2D eigenvalue weighted by atomic mass is 16.6. The van der Waals surface area contributed by atoms with Crippen molar-refractivity contribution in [2.45, 2.75) is 51.8 Å². The largest absolute Gasteiger partial charge is 0.469 e. The number of hydrogen-bond acceptors (Lipinski definition) is 11. The Morgan fingerprint density at radius 1 is 1.02 bits per heavy atom. The Kier molecular flexibility index (Phi) is 8.83. The van der Waals surface area contributed by atoms with Crippen molar-refractivity contribution in [1.29, 1.82) is 0 Å². The van der Waals surface area contributed by atoms with Gasteiger partial charge >= 0.3 is 11.7 Å². The van der Waals surface area contributed by atoms with Gasteiger partial charge in [-0.2, -0.15) is 0 Å². The van der Waals surface area contributed by atoms with Crippen LogP contribution in [0.5, 0.6) is 0 Å². The molecule has 5 heterocycles. The molecule has 2 N–H and O–H groups in total. The SMILES string of the molecule is COC(=O)C1CN(C2CCc3c2cc([N+](=O)[O-])c2oc(-c4cccc(-c5cccc(Nc6nccc7cc(CN8CC[C@@H](O)C8)cnc67)c5C)c4C)cc32)C1. The molecule has 1 aliphatic carbocycles. The zero-order valence-corrected chi connectivity index (χ0v) is 31.0. The van der Waals surface area contributed by atoms with Crippen LogP contribution in [0.25, 0.3) is 44.3 Å². The monoisotopic (exact) mass is 738 g/mol. The molecule has 0 saturated carbocycles. The van der Waals surface area contributed by atoms with Gasteiger partial charge in [0.2, 0.25) is 5.58 Å². The number of benzene rings is 3. The fourth-order valence-electron chi connectivity index (χ4n) is 8.89. The van der Waals surface area contributed by atoms with Gasteiger partial charge in [0.25, 0.3) is 0 Å². The number of fused-ring (bicyclic) bond motifs is 4. The number of β-amino-alcohol motifs (C(OH)–C–C–N with tert-alkyl or cyclic N) is 1. The van der Waals surface area contributed by atoms with Gasteiger partial charge < -0.3 is 19.6 Å². The Balaban J connectivity index is 1.02. The summed E-state index contributed by atoms with van der Waals surface area (Å²) in [5, 5.41) is 27.7. The number of anilines is 2. The summed E-state index contributed by atoms with van der Waals surface area (Å²) in [4.78, 5) is 38.0. The number of hydrogen-bond donors (Lipinski definition) is 2. The highest BCUT2D eigenvalue weighted by Gasteiger charge is 2.42. The van der Waals surface area contributed by atoms with Gasteiger partial charge in [0.15, 0.2) is 5.82 Å². The fraction of sp³-hybridized carbons (Fsp3) is 0.326. The lowest BCUT2D eigenvalue weighted by atomic mass is 9.92. The number of nitro groups is 1. The summed E-state index contributed by atoms with van der Waals surface area (Å²) in [6, 6.07) is 20.0. The van der Waals surface area contributed by atoms with Crippen molar-refractivity contribution in [2.24, 2.45) is 5.92 Å². The first-order valence-corrected chi connectivity index (χ1v) is 18.8. The molecule has 3 aromatic heterocycles. The smallest absolute Gasteiger partial charge is 0.312 e. The fourth-order valence-corrected chi connectivity index (χ4v) is 8.89. The molecular weight excluding hydrogens is 697 g/mol. The standard InChI is InChI=1S/C43H42N6O6/c1-24-30(31-7-5-9-36(25(31)2)46-42-40-27(12-14-44-42)16-26(19-45-40)20-47-15-13-29(50)23-47)6-4-8-32(24)39-18-35-33-10-11-37(48-21-28(22-48)43(51)54-3)34(33)17-38(49(52)53)41(35)55-39/h4-9,12,14,16-19,28-29,37,50H,10-11,13,15,20-23H2,1-3H3,(H,44,46)/t29-,37?/m1/s1. The van der Waals surface area contributed by atoms with E-state index in [9.17, 15) is 20.0 Å². The lowest BCUT2D eigenvalue weighted by Gasteiger charge is -2.41. The number of non-ortho nitro benzene ring substituents is 1. The Labute approximate surface area is 317 Å². The normalized spacial score (nSPS) is 18.8. The van der Waals surface area contributed by atoms with Crippen molar-refractivity contribution in [3.63, 3.8) is 0 Å². The first-order valence-electron chi connectivity index (χ1n) is 18.8. The van der Waals surface area contributed by atoms with E-state index in [0.29, 0.717) is 36.8 Å². The van der Waals surface area contributed by atoms with E-state index in [1.165, 1.54) is 7.11 Å². The molecule has 55 heavy (non-hydrogen) atoms. The topological polar surface area (TPSA) is 147 Å². The number of nitrogens with one attached hydrogen (secondary N) is 1. The minimum atomic E-state index is -0.357. The average Bonchev–Trinajstić information content (AvgIpc) is 3.90. The number of furan rings is 1. The maximum absolute atomic E-state index is 12.4. The second-order valence-electron chi connectivity index (χ2n) is 15.1. The summed E-state index contributed by atoms with van der Waals surface area (Å²) in [7, 11) is 1.40. The number of pyridine rings is 2. The van der Waals surface area contributed by atoms with Gasteiger partial charge in [-0.1, -0.05) is 30.3 Å². The summed E-state index contributed by atoms with van der Waals surface area (Å²) >= 11 is 0. The lowest BCUT2D eigenvalue weighted by Crippen LogP contribution is -2.51. The number of methoxy groups -OCH3 is 1. The van der Waals surface area contributed by atoms with Crippen LogP contribution in [0.4, 0.5) is 17.2 Å². The van der Waals surface area contributed by atoms with Crippen molar-refractivity contribution in [3.8, 4) is 22.5 Å². The third-order valence-electron chi connectivity index (χ3n) is 11.8. The lowest BCUT2D eigenvalue weighted by molar-refractivity contribution is -0.383. The molecule has 12 nitrogen and oxygen atoms in total. The number of ether oxygens (including phenoxy) is 1. The Bertz CT molecular complexity index is 2510. The average molecular weight is 739 g/mol. The molecule has 2 fully saturated rings. The summed E-state index contributed by atoms with van der Waals surface area (Å²) in [6.45, 7) is 7.63. The number of likely N-dealkylation sites (tertiary alicyclic amines) is 2. The van der Waals surface area contributed by atoms with Crippen molar-refractivity contribution >= 4 is 45.0 Å². The van der Waals surface area contributed by atoms with Crippen LogP contribution >= 0.6 is 0 Å². The van der Waals surface area contributed by atoms with Crippen LogP contribution < -0.4 is 5.32 Å². The Morgan fingerprint density at radius 2 is 1.80 bits per heavy atom. The number of esters is 1. The summed E-state index contributed by atoms with van der Waals surface area (Å²) in [6.07, 6.45) is 5.83. The van der Waals surface area contributed by atoms with Gasteiger partial charge in [-0.3, -0.25) is 29.7 Å². The number of rotatable bonds is 9. The van der Waals surface area contributed by atoms with E-state index < -0.39 is 0 Å². The summed E-state index contributed by atoms with van der Waals surface area (Å²) in [5.74, 6) is 0.881. The maximum atomic E-state index is 12.4. The summed E-state index contributed by atoms with van der Waals surface area (Å²) < 4.78 is 11.3. The molecule has 6 aromatic rings. The van der Waals surface area contributed by atoms with Crippen LogP contribution in [0.1, 0.15) is 46.7 Å². The highest BCUT2D eigenvalue weighted by Crippen LogP contribution is 2.47. The summed E-state index contributed by atoms with van der Waals surface area (Å²) in [5.41, 5.74) is 10.0. The van der Waals surface area contributed by atoms with Gasteiger partial charge in [0.1, 0.15) is 11.3 Å². The Hall–Kier alpha value is -5.69. The molecule has 3 aromatic carbocycles. The maximum Gasteiger partial charge on any atom is 0.312 e. The second kappa shape index (κ2) is 13.9. The van der Waals surface area contributed by atoms with Crippen LogP contribution in [0.15, 0.2) is 77.5 Å². The number of carbonyl (C=O) groups excluding carboxylic acids is 1. The van der Waals surface area contributed by atoms with Crippen LogP contribution in [-0.4, -0.2) is 75.2 Å². The third kappa shape index (κ3) is 6.20. The number of aryl methyl sites for hydroxylation is 1. The number of aliphatic hydroxyl groups excluding tert-OH is 1. The first kappa shape index (κ1) is 35.0. The van der Waals surface area contributed by atoms with E-state index in [4.69, 9.17) is 14.1 Å².